The first kappa shape index (κ1) is 19.8. The zero-order valence-corrected chi connectivity index (χ0v) is 17.2. The van der Waals surface area contributed by atoms with Crippen LogP contribution in [0.4, 0.5) is 0 Å². The molecule has 0 atom stereocenters. The second kappa shape index (κ2) is 8.88. The second-order valence-corrected chi connectivity index (χ2v) is 7.28. The molecule has 4 aromatic rings. The van der Waals surface area contributed by atoms with Gasteiger partial charge in [0.1, 0.15) is 0 Å². The lowest BCUT2D eigenvalue weighted by Crippen LogP contribution is -2.29. The highest BCUT2D eigenvalue weighted by molar-refractivity contribution is 5.74. The second-order valence-electron chi connectivity index (χ2n) is 7.28. The van der Waals surface area contributed by atoms with Crippen LogP contribution in [-0.4, -0.2) is 33.6 Å². The van der Waals surface area contributed by atoms with Gasteiger partial charge < -0.3 is 10.6 Å². The molecule has 2 aromatic heterocycles. The monoisotopic (exact) mass is 399 g/mol. The molecule has 2 N–H and O–H groups in total. The Bertz CT molecular complexity index is 1170. The molecule has 0 aliphatic carbocycles. The molecule has 2 heterocycles. The number of carbonyl (C=O) groups excluding carboxylic acids is 1. The van der Waals surface area contributed by atoms with Gasteiger partial charge in [0, 0.05) is 43.9 Å². The van der Waals surface area contributed by atoms with Crippen LogP contribution in [0.2, 0.25) is 0 Å². The van der Waals surface area contributed by atoms with Gasteiger partial charge >= 0.3 is 0 Å². The number of carbonyl (C=O) groups is 1. The van der Waals surface area contributed by atoms with E-state index in [9.17, 15) is 4.79 Å². The molecule has 0 fully saturated rings. The van der Waals surface area contributed by atoms with E-state index in [-0.39, 0.29) is 5.91 Å². The molecular weight excluding hydrogens is 374 g/mol. The van der Waals surface area contributed by atoms with Crippen molar-refractivity contribution >= 4 is 11.6 Å². The number of pyridine rings is 1. The Kier molecular flexibility index (Phi) is 5.86. The number of hydrogen-bond donors (Lipinski definition) is 2. The van der Waals surface area contributed by atoms with E-state index < -0.39 is 0 Å². The third-order valence-corrected chi connectivity index (χ3v) is 5.03. The van der Waals surface area contributed by atoms with Crippen LogP contribution in [0.3, 0.4) is 0 Å². The molecule has 0 aliphatic heterocycles. The van der Waals surface area contributed by atoms with Gasteiger partial charge in [-0.3, -0.25) is 4.79 Å². The number of aryl methyl sites for hydroxylation is 1. The fraction of sp³-hybridized carbons (Fsp3) is 0.208. The summed E-state index contributed by atoms with van der Waals surface area (Å²) in [5.74, 6) is 0.700. The predicted octanol–water partition coefficient (Wildman–Crippen LogP) is 3.60. The predicted molar refractivity (Wildman–Crippen MR) is 119 cm³/mol. The van der Waals surface area contributed by atoms with Gasteiger partial charge in [0.05, 0.1) is 0 Å². The first-order valence-electron chi connectivity index (χ1n) is 10.1. The molecule has 0 bridgehead atoms. The van der Waals surface area contributed by atoms with Crippen molar-refractivity contribution in [3.05, 3.63) is 78.0 Å². The highest BCUT2D eigenvalue weighted by Gasteiger charge is 2.12. The fourth-order valence-electron chi connectivity index (χ4n) is 3.51. The van der Waals surface area contributed by atoms with E-state index >= 15 is 0 Å². The number of nitrogens with one attached hydrogen (secondary N) is 2. The zero-order valence-electron chi connectivity index (χ0n) is 17.2. The molecule has 6 nitrogen and oxygen atoms in total. The van der Waals surface area contributed by atoms with Crippen molar-refractivity contribution in [3.8, 4) is 22.5 Å². The van der Waals surface area contributed by atoms with Gasteiger partial charge in [0.25, 0.3) is 0 Å². The van der Waals surface area contributed by atoms with Crippen LogP contribution in [-0.2, 0) is 11.3 Å². The quantitative estimate of drug-likeness (QED) is 0.466. The molecule has 30 heavy (non-hydrogen) atoms. The Balaban J connectivity index is 1.55. The third kappa shape index (κ3) is 4.39. The lowest BCUT2D eigenvalue weighted by atomic mass is 10.0. The highest BCUT2D eigenvalue weighted by atomic mass is 16.1. The largest absolute Gasteiger partial charge is 0.355 e. The van der Waals surface area contributed by atoms with Crippen molar-refractivity contribution in [3.63, 3.8) is 0 Å². The van der Waals surface area contributed by atoms with Crippen LogP contribution in [0.25, 0.3) is 28.2 Å². The van der Waals surface area contributed by atoms with Crippen molar-refractivity contribution in [2.45, 2.75) is 20.4 Å². The van der Waals surface area contributed by atoms with Gasteiger partial charge in [-0.1, -0.05) is 48.5 Å². The SMILES string of the molecule is CC(=O)NCCNCc1cccc(-c2nc3c(C)c(-c4ccccc4)ccn3n2)c1. The summed E-state index contributed by atoms with van der Waals surface area (Å²) in [5.41, 5.74) is 6.45. The fourth-order valence-corrected chi connectivity index (χ4v) is 3.51. The summed E-state index contributed by atoms with van der Waals surface area (Å²) in [7, 11) is 0. The summed E-state index contributed by atoms with van der Waals surface area (Å²) in [6, 6.07) is 20.7. The lowest BCUT2D eigenvalue weighted by Gasteiger charge is -2.06. The van der Waals surface area contributed by atoms with Gasteiger partial charge in [-0.15, -0.1) is 5.10 Å². The van der Waals surface area contributed by atoms with Crippen LogP contribution >= 0.6 is 0 Å². The molecule has 0 saturated heterocycles. The summed E-state index contributed by atoms with van der Waals surface area (Å²) in [6.45, 7) is 5.67. The van der Waals surface area contributed by atoms with E-state index in [0.717, 1.165) is 35.4 Å². The average Bonchev–Trinajstić information content (AvgIpc) is 3.20. The van der Waals surface area contributed by atoms with E-state index in [1.54, 1.807) is 0 Å². The Morgan fingerprint density at radius 1 is 1.00 bits per heavy atom. The van der Waals surface area contributed by atoms with Crippen LogP contribution in [0, 0.1) is 6.92 Å². The van der Waals surface area contributed by atoms with E-state index in [4.69, 9.17) is 4.98 Å². The molecule has 152 valence electrons. The minimum Gasteiger partial charge on any atom is -0.355 e. The summed E-state index contributed by atoms with van der Waals surface area (Å²) in [6.07, 6.45) is 1.97. The number of rotatable bonds is 7. The van der Waals surface area contributed by atoms with Gasteiger partial charge in [-0.2, -0.15) is 0 Å². The zero-order chi connectivity index (χ0) is 20.9. The molecule has 0 spiro atoms. The summed E-state index contributed by atoms with van der Waals surface area (Å²) < 4.78 is 1.84. The smallest absolute Gasteiger partial charge is 0.216 e. The molecule has 2 aromatic carbocycles. The average molecular weight is 399 g/mol. The molecule has 0 aliphatic rings. The van der Waals surface area contributed by atoms with Crippen molar-refractivity contribution in [2.75, 3.05) is 13.1 Å². The van der Waals surface area contributed by atoms with E-state index in [2.05, 4.69) is 53.0 Å². The van der Waals surface area contributed by atoms with Crippen LogP contribution < -0.4 is 10.6 Å². The van der Waals surface area contributed by atoms with E-state index in [0.29, 0.717) is 12.4 Å². The molecule has 0 unspecified atom stereocenters. The number of benzene rings is 2. The molecule has 6 heteroatoms. The molecule has 4 rings (SSSR count). The van der Waals surface area contributed by atoms with Crippen molar-refractivity contribution in [2.24, 2.45) is 0 Å². The third-order valence-electron chi connectivity index (χ3n) is 5.03. The van der Waals surface area contributed by atoms with Crippen molar-refractivity contribution < 1.29 is 4.79 Å². The molecular formula is C24H25N5O. The van der Waals surface area contributed by atoms with E-state index in [1.165, 1.54) is 18.1 Å². The summed E-state index contributed by atoms with van der Waals surface area (Å²) >= 11 is 0. The Morgan fingerprint density at radius 3 is 2.60 bits per heavy atom. The summed E-state index contributed by atoms with van der Waals surface area (Å²) in [5, 5.41) is 10.8. The van der Waals surface area contributed by atoms with Gasteiger partial charge in [-0.05, 0) is 35.7 Å². The topological polar surface area (TPSA) is 71.3 Å². The minimum absolute atomic E-state index is 0.0116. The Hall–Kier alpha value is -3.51. The van der Waals surface area contributed by atoms with E-state index in [1.807, 2.05) is 41.0 Å². The number of hydrogen-bond acceptors (Lipinski definition) is 4. The number of amides is 1. The van der Waals surface area contributed by atoms with Crippen LogP contribution in [0.1, 0.15) is 18.1 Å². The normalized spacial score (nSPS) is 11.0. The van der Waals surface area contributed by atoms with Gasteiger partial charge in [0.2, 0.25) is 5.91 Å². The van der Waals surface area contributed by atoms with Crippen LogP contribution in [0.15, 0.2) is 66.9 Å². The molecule has 0 radical (unpaired) electrons. The van der Waals surface area contributed by atoms with Crippen LogP contribution in [0.5, 0.6) is 0 Å². The first-order chi connectivity index (χ1) is 14.6. The lowest BCUT2D eigenvalue weighted by molar-refractivity contribution is -0.118. The first-order valence-corrected chi connectivity index (χ1v) is 10.1. The van der Waals surface area contributed by atoms with Crippen molar-refractivity contribution in [1.82, 2.24) is 25.2 Å². The minimum atomic E-state index is -0.0116. The molecule has 1 amide bonds. The van der Waals surface area contributed by atoms with Gasteiger partial charge in [0.15, 0.2) is 11.5 Å². The maximum atomic E-state index is 10.9. The Morgan fingerprint density at radius 2 is 1.80 bits per heavy atom. The number of aromatic nitrogens is 3. The maximum Gasteiger partial charge on any atom is 0.216 e. The summed E-state index contributed by atoms with van der Waals surface area (Å²) in [4.78, 5) is 15.7. The van der Waals surface area contributed by atoms with Crippen molar-refractivity contribution in [1.29, 1.82) is 0 Å². The molecule has 0 saturated carbocycles. The number of fused-ring (bicyclic) bond motifs is 1. The number of nitrogens with zero attached hydrogens (tertiary/aromatic N) is 3. The maximum absolute atomic E-state index is 10.9. The Labute approximate surface area is 176 Å². The highest BCUT2D eigenvalue weighted by Crippen LogP contribution is 2.27. The standard InChI is InChI=1S/C24H25N5O/c1-17-22(20-8-4-3-5-9-20)11-14-29-24(17)27-23(28-29)21-10-6-7-19(15-21)16-25-12-13-26-18(2)30/h3-11,14-15,25H,12-13,16H2,1-2H3,(H,26,30). The van der Waals surface area contributed by atoms with Gasteiger partial charge in [-0.25, -0.2) is 9.50 Å².